The van der Waals surface area contributed by atoms with Gasteiger partial charge in [-0.25, -0.2) is 4.98 Å². The highest BCUT2D eigenvalue weighted by Crippen LogP contribution is 2.39. The van der Waals surface area contributed by atoms with Crippen LogP contribution in [0.25, 0.3) is 22.4 Å². The SMILES string of the molecule is C=CC(=O)NCc1ccc(-c2ccc([C@@H](C)C(=O)Nc3cc(-c4cnn5c4CC(C)(C)C5)c(Cl)cn3)cn2)cn1. The average molecular weight is 556 g/mol. The van der Waals surface area contributed by atoms with Crippen LogP contribution in [0.15, 0.2) is 67.8 Å². The van der Waals surface area contributed by atoms with Crippen molar-refractivity contribution in [3.05, 3.63) is 89.7 Å². The van der Waals surface area contributed by atoms with Crippen LogP contribution in [0.4, 0.5) is 5.82 Å². The second kappa shape index (κ2) is 11.0. The maximum Gasteiger partial charge on any atom is 0.243 e. The van der Waals surface area contributed by atoms with E-state index >= 15 is 0 Å². The molecule has 10 heteroatoms. The number of hydrogen-bond donors (Lipinski definition) is 2. The Balaban J connectivity index is 1.26. The van der Waals surface area contributed by atoms with Crippen LogP contribution in [0, 0.1) is 5.41 Å². The molecular weight excluding hydrogens is 526 g/mol. The van der Waals surface area contributed by atoms with Crippen molar-refractivity contribution in [2.45, 2.75) is 46.2 Å². The smallest absolute Gasteiger partial charge is 0.243 e. The number of pyridine rings is 3. The minimum absolute atomic E-state index is 0.137. The fourth-order valence-electron chi connectivity index (χ4n) is 4.73. The van der Waals surface area contributed by atoms with E-state index in [0.717, 1.165) is 52.3 Å². The predicted molar refractivity (Wildman–Crippen MR) is 155 cm³/mol. The molecule has 0 fully saturated rings. The molecule has 1 aliphatic rings. The Bertz CT molecular complexity index is 1580. The van der Waals surface area contributed by atoms with E-state index in [-0.39, 0.29) is 17.2 Å². The number of fused-ring (bicyclic) bond motifs is 1. The fraction of sp³-hybridized carbons (Fsp3) is 0.267. The van der Waals surface area contributed by atoms with Crippen LogP contribution in [0.2, 0.25) is 5.02 Å². The van der Waals surface area contributed by atoms with Crippen molar-refractivity contribution >= 4 is 29.2 Å². The Kier molecular flexibility index (Phi) is 7.49. The molecule has 0 saturated heterocycles. The summed E-state index contributed by atoms with van der Waals surface area (Å²) < 4.78 is 2.03. The molecule has 0 aromatic carbocycles. The summed E-state index contributed by atoms with van der Waals surface area (Å²) in [5.41, 5.74) is 6.09. The second-order valence-corrected chi connectivity index (χ2v) is 11.1. The number of nitrogens with zero attached hydrogens (tertiary/aromatic N) is 5. The lowest BCUT2D eigenvalue weighted by Gasteiger charge is -2.15. The van der Waals surface area contributed by atoms with E-state index in [1.54, 1.807) is 24.7 Å². The molecule has 2 amide bonds. The molecule has 4 aromatic heterocycles. The minimum Gasteiger partial charge on any atom is -0.347 e. The zero-order valence-electron chi connectivity index (χ0n) is 22.6. The van der Waals surface area contributed by atoms with Gasteiger partial charge in [0.15, 0.2) is 0 Å². The van der Waals surface area contributed by atoms with Crippen LogP contribution < -0.4 is 10.6 Å². The lowest BCUT2D eigenvalue weighted by molar-refractivity contribution is -0.117. The molecule has 9 nitrogen and oxygen atoms in total. The van der Waals surface area contributed by atoms with Gasteiger partial charge in [-0.15, -0.1) is 0 Å². The van der Waals surface area contributed by atoms with Gasteiger partial charge in [-0.05, 0) is 54.7 Å². The first-order chi connectivity index (χ1) is 19.1. The molecule has 1 atom stereocenters. The monoisotopic (exact) mass is 555 g/mol. The Morgan fingerprint density at radius 3 is 2.62 bits per heavy atom. The molecule has 0 radical (unpaired) electrons. The molecule has 2 N–H and O–H groups in total. The molecule has 40 heavy (non-hydrogen) atoms. The summed E-state index contributed by atoms with van der Waals surface area (Å²) in [6, 6.07) is 9.26. The van der Waals surface area contributed by atoms with Crippen LogP contribution in [0.1, 0.15) is 43.6 Å². The van der Waals surface area contributed by atoms with E-state index in [2.05, 4.69) is 51.1 Å². The van der Waals surface area contributed by atoms with E-state index in [9.17, 15) is 9.59 Å². The first-order valence-electron chi connectivity index (χ1n) is 13.0. The Morgan fingerprint density at radius 2 is 1.93 bits per heavy atom. The van der Waals surface area contributed by atoms with Gasteiger partial charge in [0.25, 0.3) is 0 Å². The highest BCUT2D eigenvalue weighted by molar-refractivity contribution is 6.33. The molecule has 5 rings (SSSR count). The molecule has 0 bridgehead atoms. The Morgan fingerprint density at radius 1 is 1.10 bits per heavy atom. The molecule has 1 aliphatic heterocycles. The zero-order valence-corrected chi connectivity index (χ0v) is 23.4. The van der Waals surface area contributed by atoms with Crippen molar-refractivity contribution in [2.24, 2.45) is 5.41 Å². The Hall–Kier alpha value is -4.37. The van der Waals surface area contributed by atoms with Gasteiger partial charge in [0.05, 0.1) is 35.1 Å². The summed E-state index contributed by atoms with van der Waals surface area (Å²) >= 11 is 6.52. The van der Waals surface area contributed by atoms with Crippen LogP contribution in [0.3, 0.4) is 0 Å². The van der Waals surface area contributed by atoms with Gasteiger partial charge in [-0.3, -0.25) is 24.2 Å². The maximum absolute atomic E-state index is 13.1. The van der Waals surface area contributed by atoms with Crippen molar-refractivity contribution in [2.75, 3.05) is 5.32 Å². The van der Waals surface area contributed by atoms with E-state index in [0.29, 0.717) is 17.4 Å². The lowest BCUT2D eigenvalue weighted by Crippen LogP contribution is -2.20. The molecular formula is C30H30ClN7O2. The van der Waals surface area contributed by atoms with Crippen molar-refractivity contribution in [3.8, 4) is 22.4 Å². The molecule has 0 saturated carbocycles. The molecule has 0 aliphatic carbocycles. The van der Waals surface area contributed by atoms with Crippen LogP contribution in [-0.4, -0.2) is 36.5 Å². The molecule has 0 unspecified atom stereocenters. The van der Waals surface area contributed by atoms with Crippen LogP contribution in [0.5, 0.6) is 0 Å². The summed E-state index contributed by atoms with van der Waals surface area (Å²) in [5.74, 6) is -0.491. The van der Waals surface area contributed by atoms with Crippen molar-refractivity contribution in [1.82, 2.24) is 30.0 Å². The van der Waals surface area contributed by atoms with Gasteiger partial charge in [-0.1, -0.05) is 38.1 Å². The van der Waals surface area contributed by atoms with Crippen LogP contribution in [-0.2, 0) is 29.1 Å². The number of aromatic nitrogens is 5. The maximum atomic E-state index is 13.1. The van der Waals surface area contributed by atoms with E-state index in [1.807, 2.05) is 42.1 Å². The zero-order chi connectivity index (χ0) is 28.4. The minimum atomic E-state index is -0.461. The summed E-state index contributed by atoms with van der Waals surface area (Å²) in [6.45, 7) is 10.9. The summed E-state index contributed by atoms with van der Waals surface area (Å²) in [4.78, 5) is 37.7. The largest absolute Gasteiger partial charge is 0.347 e. The summed E-state index contributed by atoms with van der Waals surface area (Å²) in [6.07, 6.45) is 8.90. The number of halogens is 1. The topological polar surface area (TPSA) is 115 Å². The molecule has 5 heterocycles. The van der Waals surface area contributed by atoms with E-state index < -0.39 is 5.92 Å². The number of amides is 2. The number of carbonyl (C=O) groups is 2. The van der Waals surface area contributed by atoms with Gasteiger partial charge < -0.3 is 10.6 Å². The number of anilines is 1. The van der Waals surface area contributed by atoms with E-state index in [4.69, 9.17) is 11.6 Å². The number of hydrogen-bond acceptors (Lipinski definition) is 6. The van der Waals surface area contributed by atoms with Gasteiger partial charge in [-0.2, -0.15) is 5.10 Å². The normalized spacial score (nSPS) is 14.3. The predicted octanol–water partition coefficient (Wildman–Crippen LogP) is 5.18. The highest BCUT2D eigenvalue weighted by atomic mass is 35.5. The number of nitrogens with one attached hydrogen (secondary N) is 2. The van der Waals surface area contributed by atoms with Gasteiger partial charge in [0.1, 0.15) is 5.82 Å². The summed E-state index contributed by atoms with van der Waals surface area (Å²) in [7, 11) is 0. The number of carbonyl (C=O) groups excluding carboxylic acids is 2. The van der Waals surface area contributed by atoms with Crippen molar-refractivity contribution in [1.29, 1.82) is 0 Å². The third-order valence-corrected chi connectivity index (χ3v) is 7.30. The van der Waals surface area contributed by atoms with Gasteiger partial charge in [0.2, 0.25) is 11.8 Å². The lowest BCUT2D eigenvalue weighted by atomic mass is 9.89. The van der Waals surface area contributed by atoms with E-state index in [1.165, 1.54) is 6.08 Å². The Labute approximate surface area is 237 Å². The fourth-order valence-corrected chi connectivity index (χ4v) is 4.94. The van der Waals surface area contributed by atoms with Crippen molar-refractivity contribution in [3.63, 3.8) is 0 Å². The quantitative estimate of drug-likeness (QED) is 0.289. The molecule has 4 aromatic rings. The summed E-state index contributed by atoms with van der Waals surface area (Å²) in [5, 5.41) is 10.7. The molecule has 204 valence electrons. The van der Waals surface area contributed by atoms with Crippen LogP contribution >= 0.6 is 11.6 Å². The first kappa shape index (κ1) is 27.2. The third-order valence-electron chi connectivity index (χ3n) is 7.00. The third kappa shape index (κ3) is 5.79. The average Bonchev–Trinajstić information content (AvgIpc) is 3.47. The van der Waals surface area contributed by atoms with Crippen molar-refractivity contribution < 1.29 is 9.59 Å². The molecule has 0 spiro atoms. The highest BCUT2D eigenvalue weighted by Gasteiger charge is 2.32. The number of rotatable bonds is 8. The standard InChI is InChI=1S/C30H30ClN7O2/c1-5-28(39)35-14-21-8-6-20(13-32-21)25-9-7-19(12-33-25)18(2)29(40)37-27-10-22(24(31)16-34-27)23-15-36-38-17-30(3,4)11-26(23)38/h5-10,12-13,15-16,18H,1,11,14,17H2,2-4H3,(H,35,39)(H,34,37,40)/t18-/m1/s1. The van der Waals surface area contributed by atoms with Gasteiger partial charge in [0, 0.05) is 47.5 Å². The second-order valence-electron chi connectivity index (χ2n) is 10.7. The first-order valence-corrected chi connectivity index (χ1v) is 13.3. The van der Waals surface area contributed by atoms with Gasteiger partial charge >= 0.3 is 0 Å².